The lowest BCUT2D eigenvalue weighted by Crippen LogP contribution is -2.40. The highest BCUT2D eigenvalue weighted by molar-refractivity contribution is 5.94. The monoisotopic (exact) mass is 334 g/mol. The highest BCUT2D eigenvalue weighted by Crippen LogP contribution is 2.17. The molecule has 1 aliphatic rings. The van der Waals surface area contributed by atoms with Gasteiger partial charge in [-0.2, -0.15) is 0 Å². The van der Waals surface area contributed by atoms with Crippen molar-refractivity contribution in [2.45, 2.75) is 19.8 Å². The Morgan fingerprint density at radius 2 is 2.00 bits per heavy atom. The van der Waals surface area contributed by atoms with Gasteiger partial charge in [-0.05, 0) is 37.0 Å². The van der Waals surface area contributed by atoms with Gasteiger partial charge in [-0.3, -0.25) is 9.59 Å². The van der Waals surface area contributed by atoms with E-state index in [0.29, 0.717) is 23.8 Å². The van der Waals surface area contributed by atoms with Crippen LogP contribution < -0.4 is 10.1 Å². The summed E-state index contributed by atoms with van der Waals surface area (Å²) in [7, 11) is 0. The zero-order valence-electron chi connectivity index (χ0n) is 13.7. The second-order valence-electron chi connectivity index (χ2n) is 5.87. The normalized spacial score (nSPS) is 15.0. The number of carbonyl (C=O) groups is 3. The standard InChI is InChI=1S/C17H22N2O5/c1-12(20)19-7-5-13(6-8-19)10-18-17(23)14-3-2-4-15(9-14)24-11-16(21)22/h2-4,9,13H,5-8,10-11H2,1H3,(H,18,23)(H,21,22). The van der Waals surface area contributed by atoms with Crippen LogP contribution >= 0.6 is 0 Å². The quantitative estimate of drug-likeness (QED) is 0.813. The summed E-state index contributed by atoms with van der Waals surface area (Å²) in [6, 6.07) is 6.44. The zero-order chi connectivity index (χ0) is 17.5. The molecule has 1 aliphatic heterocycles. The number of carbonyl (C=O) groups excluding carboxylic acids is 2. The second-order valence-corrected chi connectivity index (χ2v) is 5.87. The van der Waals surface area contributed by atoms with Gasteiger partial charge in [0.15, 0.2) is 6.61 Å². The van der Waals surface area contributed by atoms with Crippen molar-refractivity contribution in [1.82, 2.24) is 10.2 Å². The average Bonchev–Trinajstić information content (AvgIpc) is 2.58. The van der Waals surface area contributed by atoms with E-state index in [1.165, 1.54) is 6.07 Å². The van der Waals surface area contributed by atoms with Crippen LogP contribution in [0.15, 0.2) is 24.3 Å². The topological polar surface area (TPSA) is 95.9 Å². The number of rotatable bonds is 6. The highest BCUT2D eigenvalue weighted by Gasteiger charge is 2.21. The second kappa shape index (κ2) is 8.33. The first kappa shape index (κ1) is 17.8. The molecule has 0 saturated carbocycles. The molecule has 0 bridgehead atoms. The Bertz CT molecular complexity index is 609. The number of hydrogen-bond acceptors (Lipinski definition) is 4. The third-order valence-electron chi connectivity index (χ3n) is 4.07. The van der Waals surface area contributed by atoms with Crippen molar-refractivity contribution < 1.29 is 24.2 Å². The van der Waals surface area contributed by atoms with Gasteiger partial charge in [0, 0.05) is 32.1 Å². The molecule has 7 heteroatoms. The molecule has 0 aromatic heterocycles. The number of benzene rings is 1. The third-order valence-corrected chi connectivity index (χ3v) is 4.07. The molecule has 2 rings (SSSR count). The van der Waals surface area contributed by atoms with Gasteiger partial charge in [-0.15, -0.1) is 0 Å². The average molecular weight is 334 g/mol. The number of carboxylic acids is 1. The Labute approximate surface area is 140 Å². The molecule has 1 saturated heterocycles. The molecule has 2 N–H and O–H groups in total. The lowest BCUT2D eigenvalue weighted by Gasteiger charge is -2.31. The summed E-state index contributed by atoms with van der Waals surface area (Å²) in [5, 5.41) is 11.5. The fraction of sp³-hybridized carbons (Fsp3) is 0.471. The van der Waals surface area contributed by atoms with Crippen molar-refractivity contribution in [3.05, 3.63) is 29.8 Å². The summed E-state index contributed by atoms with van der Waals surface area (Å²) in [5.41, 5.74) is 0.430. The molecular weight excluding hydrogens is 312 g/mol. The van der Waals surface area contributed by atoms with E-state index >= 15 is 0 Å². The van der Waals surface area contributed by atoms with Crippen molar-refractivity contribution in [3.8, 4) is 5.75 Å². The predicted molar refractivity (Wildman–Crippen MR) is 86.9 cm³/mol. The molecule has 0 spiro atoms. The molecule has 1 fully saturated rings. The van der Waals surface area contributed by atoms with E-state index in [1.54, 1.807) is 25.1 Å². The Hall–Kier alpha value is -2.57. The molecule has 0 unspecified atom stereocenters. The van der Waals surface area contributed by atoms with Gasteiger partial charge in [0.05, 0.1) is 0 Å². The van der Waals surface area contributed by atoms with Gasteiger partial charge in [0.2, 0.25) is 5.91 Å². The summed E-state index contributed by atoms with van der Waals surface area (Å²) in [6.07, 6.45) is 1.75. The van der Waals surface area contributed by atoms with Crippen LogP contribution in [0.5, 0.6) is 5.75 Å². The molecule has 0 radical (unpaired) electrons. The summed E-state index contributed by atoms with van der Waals surface area (Å²) < 4.78 is 5.07. The van der Waals surface area contributed by atoms with E-state index in [-0.39, 0.29) is 11.8 Å². The van der Waals surface area contributed by atoms with E-state index in [1.807, 2.05) is 4.90 Å². The van der Waals surface area contributed by atoms with Crippen LogP contribution in [0.1, 0.15) is 30.1 Å². The largest absolute Gasteiger partial charge is 0.482 e. The fourth-order valence-corrected chi connectivity index (χ4v) is 2.66. The number of aliphatic carboxylic acids is 1. The maximum atomic E-state index is 12.2. The Kier molecular flexibility index (Phi) is 6.17. The Morgan fingerprint density at radius 1 is 1.29 bits per heavy atom. The maximum absolute atomic E-state index is 12.2. The highest BCUT2D eigenvalue weighted by atomic mass is 16.5. The SMILES string of the molecule is CC(=O)N1CCC(CNC(=O)c2cccc(OCC(=O)O)c2)CC1. The molecule has 1 heterocycles. The van der Waals surface area contributed by atoms with E-state index in [2.05, 4.69) is 5.32 Å². The van der Waals surface area contributed by atoms with Crippen molar-refractivity contribution in [3.63, 3.8) is 0 Å². The van der Waals surface area contributed by atoms with Crippen LogP contribution in [0.4, 0.5) is 0 Å². The molecule has 24 heavy (non-hydrogen) atoms. The van der Waals surface area contributed by atoms with E-state index < -0.39 is 12.6 Å². The first-order valence-corrected chi connectivity index (χ1v) is 7.94. The number of carboxylic acid groups (broad SMARTS) is 1. The van der Waals surface area contributed by atoms with E-state index in [0.717, 1.165) is 25.9 Å². The lowest BCUT2D eigenvalue weighted by molar-refractivity contribution is -0.139. The number of ether oxygens (including phenoxy) is 1. The Morgan fingerprint density at radius 3 is 2.62 bits per heavy atom. The molecule has 1 aromatic carbocycles. The van der Waals surface area contributed by atoms with E-state index in [9.17, 15) is 14.4 Å². The van der Waals surface area contributed by atoms with Crippen LogP contribution in [-0.4, -0.2) is 54.0 Å². The van der Waals surface area contributed by atoms with Gasteiger partial charge >= 0.3 is 5.97 Å². The number of nitrogens with one attached hydrogen (secondary N) is 1. The summed E-state index contributed by atoms with van der Waals surface area (Å²) in [5.74, 6) is -0.488. The van der Waals surface area contributed by atoms with Crippen LogP contribution in [0, 0.1) is 5.92 Å². The minimum Gasteiger partial charge on any atom is -0.482 e. The van der Waals surface area contributed by atoms with E-state index in [4.69, 9.17) is 9.84 Å². The van der Waals surface area contributed by atoms with Gasteiger partial charge in [0.25, 0.3) is 5.91 Å². The van der Waals surface area contributed by atoms with Crippen molar-refractivity contribution in [2.75, 3.05) is 26.2 Å². The lowest BCUT2D eigenvalue weighted by atomic mass is 9.96. The summed E-state index contributed by atoms with van der Waals surface area (Å²) in [6.45, 7) is 3.15. The number of hydrogen-bond donors (Lipinski definition) is 2. The van der Waals surface area contributed by atoms with Gasteiger partial charge in [-0.25, -0.2) is 4.79 Å². The number of nitrogens with zero attached hydrogens (tertiary/aromatic N) is 1. The van der Waals surface area contributed by atoms with Crippen molar-refractivity contribution >= 4 is 17.8 Å². The fourth-order valence-electron chi connectivity index (χ4n) is 2.66. The predicted octanol–water partition coefficient (Wildman–Crippen LogP) is 1.14. The van der Waals surface area contributed by atoms with Crippen LogP contribution in [0.2, 0.25) is 0 Å². The van der Waals surface area contributed by atoms with Crippen LogP contribution in [0.25, 0.3) is 0 Å². The van der Waals surface area contributed by atoms with Crippen molar-refractivity contribution in [2.24, 2.45) is 5.92 Å². The minimum absolute atomic E-state index is 0.0932. The minimum atomic E-state index is -1.07. The number of piperidine rings is 1. The molecule has 2 amide bonds. The van der Waals surface area contributed by atoms with Crippen molar-refractivity contribution in [1.29, 1.82) is 0 Å². The van der Waals surface area contributed by atoms with Gasteiger partial charge in [0.1, 0.15) is 5.75 Å². The third kappa shape index (κ3) is 5.26. The van der Waals surface area contributed by atoms with Crippen LogP contribution in [0.3, 0.4) is 0 Å². The molecule has 7 nitrogen and oxygen atoms in total. The van der Waals surface area contributed by atoms with Gasteiger partial charge in [-0.1, -0.05) is 6.07 Å². The zero-order valence-corrected chi connectivity index (χ0v) is 13.7. The molecule has 0 atom stereocenters. The smallest absolute Gasteiger partial charge is 0.341 e. The van der Waals surface area contributed by atoms with Crippen LogP contribution in [-0.2, 0) is 9.59 Å². The number of amides is 2. The molecule has 130 valence electrons. The first-order chi connectivity index (χ1) is 11.5. The van der Waals surface area contributed by atoms with Gasteiger partial charge < -0.3 is 20.1 Å². The molecular formula is C17H22N2O5. The maximum Gasteiger partial charge on any atom is 0.341 e. The molecule has 1 aromatic rings. The summed E-state index contributed by atoms with van der Waals surface area (Å²) in [4.78, 5) is 35.8. The summed E-state index contributed by atoms with van der Waals surface area (Å²) >= 11 is 0. The number of likely N-dealkylation sites (tertiary alicyclic amines) is 1. The molecule has 0 aliphatic carbocycles. The first-order valence-electron chi connectivity index (χ1n) is 7.94. The Balaban J connectivity index is 1.81.